The first-order valence-electron chi connectivity index (χ1n) is 5.32. The van der Waals surface area contributed by atoms with E-state index in [1.807, 2.05) is 32.9 Å². The number of nitrogens with two attached hydrogens (primary N) is 1. The Hall–Kier alpha value is -1.44. The molecule has 84 valence electrons. The maximum Gasteiger partial charge on any atom is 0.115 e. The first-order chi connectivity index (χ1) is 7.09. The number of rotatable bonds is 3. The molecule has 0 unspecified atom stereocenters. The van der Waals surface area contributed by atoms with E-state index in [1.54, 1.807) is 12.1 Å². The van der Waals surface area contributed by atoms with Gasteiger partial charge in [-0.05, 0) is 30.0 Å². The summed E-state index contributed by atoms with van der Waals surface area (Å²) in [7, 11) is 0. The van der Waals surface area contributed by atoms with Crippen LogP contribution in [0.25, 0.3) is 0 Å². The summed E-state index contributed by atoms with van der Waals surface area (Å²) in [5, 5.41) is 9.06. The molecule has 0 aliphatic heterocycles. The van der Waals surface area contributed by atoms with Gasteiger partial charge >= 0.3 is 0 Å². The van der Waals surface area contributed by atoms with E-state index < -0.39 is 0 Å². The molecule has 0 saturated heterocycles. The van der Waals surface area contributed by atoms with Crippen molar-refractivity contribution in [1.29, 1.82) is 0 Å². The summed E-state index contributed by atoms with van der Waals surface area (Å²) in [4.78, 5) is 0. The molecule has 0 radical (unpaired) electrons. The molecule has 0 aliphatic rings. The zero-order valence-electron chi connectivity index (χ0n) is 9.83. The number of phenols is 1. The highest BCUT2D eigenvalue weighted by molar-refractivity contribution is 5.26. The lowest BCUT2D eigenvalue weighted by Gasteiger charge is -2.10. The van der Waals surface area contributed by atoms with E-state index >= 15 is 0 Å². The van der Waals surface area contributed by atoms with Crippen molar-refractivity contribution in [2.45, 2.75) is 27.2 Å². The van der Waals surface area contributed by atoms with Crippen LogP contribution in [0.4, 0.5) is 0 Å². The maximum atomic E-state index is 9.06. The Morgan fingerprint density at radius 1 is 1.33 bits per heavy atom. The molecule has 2 heteroatoms. The second kappa shape index (κ2) is 6.93. The van der Waals surface area contributed by atoms with Crippen LogP contribution in [0.2, 0.25) is 0 Å². The summed E-state index contributed by atoms with van der Waals surface area (Å²) < 4.78 is 0. The van der Waals surface area contributed by atoms with Gasteiger partial charge in [-0.25, -0.2) is 0 Å². The Morgan fingerprint density at radius 2 is 1.80 bits per heavy atom. The summed E-state index contributed by atoms with van der Waals surface area (Å²) in [6.45, 7) is 9.73. The van der Waals surface area contributed by atoms with Gasteiger partial charge in [-0.3, -0.25) is 0 Å². The van der Waals surface area contributed by atoms with Gasteiger partial charge < -0.3 is 10.8 Å². The molecule has 2 nitrogen and oxygen atoms in total. The minimum absolute atomic E-state index is 0.282. The quantitative estimate of drug-likeness (QED) is 0.800. The molecule has 0 saturated carbocycles. The molecule has 0 fully saturated rings. The highest BCUT2D eigenvalue weighted by atomic mass is 16.3. The van der Waals surface area contributed by atoms with Gasteiger partial charge in [0.2, 0.25) is 0 Å². The summed E-state index contributed by atoms with van der Waals surface area (Å²) in [5.41, 5.74) is 7.44. The lowest BCUT2D eigenvalue weighted by atomic mass is 9.99. The van der Waals surface area contributed by atoms with Crippen LogP contribution in [0.15, 0.2) is 36.5 Å². The largest absolute Gasteiger partial charge is 0.508 e. The fraction of sp³-hybridized carbons (Fsp3) is 0.385. The second-order valence-electron chi connectivity index (χ2n) is 3.35. The van der Waals surface area contributed by atoms with E-state index in [2.05, 4.69) is 6.58 Å². The molecule has 0 spiro atoms. The molecule has 0 amide bonds. The molecular weight excluding hydrogens is 186 g/mol. The molecule has 0 heterocycles. The van der Waals surface area contributed by atoms with Gasteiger partial charge in [0, 0.05) is 5.70 Å². The molecule has 1 atom stereocenters. The first-order valence-corrected chi connectivity index (χ1v) is 5.32. The van der Waals surface area contributed by atoms with E-state index in [9.17, 15) is 0 Å². The van der Waals surface area contributed by atoms with Crippen molar-refractivity contribution < 1.29 is 5.11 Å². The van der Waals surface area contributed by atoms with Crippen molar-refractivity contribution in [3.05, 3.63) is 42.1 Å². The van der Waals surface area contributed by atoms with E-state index in [1.165, 1.54) is 0 Å². The van der Waals surface area contributed by atoms with Gasteiger partial charge in [-0.1, -0.05) is 39.5 Å². The van der Waals surface area contributed by atoms with Crippen molar-refractivity contribution in [3.8, 4) is 5.75 Å². The van der Waals surface area contributed by atoms with E-state index in [0.717, 1.165) is 12.0 Å². The zero-order valence-corrected chi connectivity index (χ0v) is 9.83. The molecule has 0 aromatic heterocycles. The van der Waals surface area contributed by atoms with Crippen LogP contribution in [-0.2, 0) is 6.42 Å². The average Bonchev–Trinajstić information content (AvgIpc) is 2.24. The smallest absolute Gasteiger partial charge is 0.115 e. The lowest BCUT2D eigenvalue weighted by Crippen LogP contribution is -2.09. The molecule has 0 aliphatic carbocycles. The minimum Gasteiger partial charge on any atom is -0.508 e. The average molecular weight is 207 g/mol. The van der Waals surface area contributed by atoms with Gasteiger partial charge in [-0.15, -0.1) is 0 Å². The standard InChI is InChI=1S/C11H15NO.C2H6/c1-8(9(2)12)7-10-3-5-11(13)6-4-10;1-2/h3-6,8,13H,2,7,12H2,1H3;1-2H3/t8-;/m0./s1. The van der Waals surface area contributed by atoms with E-state index in [0.29, 0.717) is 11.4 Å². The molecule has 3 N–H and O–H groups in total. The third-order valence-electron chi connectivity index (χ3n) is 2.11. The van der Waals surface area contributed by atoms with Crippen LogP contribution in [-0.4, -0.2) is 5.11 Å². The van der Waals surface area contributed by atoms with Crippen LogP contribution in [0.1, 0.15) is 26.3 Å². The molecular formula is C13H21NO. The van der Waals surface area contributed by atoms with Crippen molar-refractivity contribution >= 4 is 0 Å². The molecule has 0 bridgehead atoms. The predicted octanol–water partition coefficient (Wildman–Crippen LogP) is 3.07. The van der Waals surface area contributed by atoms with Crippen molar-refractivity contribution in [2.24, 2.45) is 11.7 Å². The number of allylic oxidation sites excluding steroid dienone is 1. The Morgan fingerprint density at radius 3 is 2.20 bits per heavy atom. The second-order valence-corrected chi connectivity index (χ2v) is 3.35. The molecule has 1 aromatic rings. The Labute approximate surface area is 92.4 Å². The molecule has 15 heavy (non-hydrogen) atoms. The Kier molecular flexibility index (Phi) is 6.27. The van der Waals surface area contributed by atoms with Gasteiger partial charge in [0.1, 0.15) is 5.75 Å². The van der Waals surface area contributed by atoms with E-state index in [-0.39, 0.29) is 5.92 Å². The number of aromatic hydroxyl groups is 1. The highest BCUT2D eigenvalue weighted by Gasteiger charge is 2.04. The number of hydrogen-bond donors (Lipinski definition) is 2. The molecule has 1 aromatic carbocycles. The highest BCUT2D eigenvalue weighted by Crippen LogP contribution is 2.15. The predicted molar refractivity (Wildman–Crippen MR) is 65.7 cm³/mol. The first kappa shape index (κ1) is 13.6. The number of hydrogen-bond acceptors (Lipinski definition) is 2. The van der Waals surface area contributed by atoms with Crippen molar-refractivity contribution in [2.75, 3.05) is 0 Å². The third kappa shape index (κ3) is 5.11. The van der Waals surface area contributed by atoms with E-state index in [4.69, 9.17) is 10.8 Å². The summed E-state index contributed by atoms with van der Waals surface area (Å²) in [5.74, 6) is 0.576. The van der Waals surface area contributed by atoms with Crippen LogP contribution < -0.4 is 5.73 Å². The summed E-state index contributed by atoms with van der Waals surface area (Å²) >= 11 is 0. The Bertz CT molecular complexity index is 290. The van der Waals surface area contributed by atoms with Gasteiger partial charge in [0.25, 0.3) is 0 Å². The minimum atomic E-state index is 0.282. The van der Waals surface area contributed by atoms with Crippen LogP contribution in [0.5, 0.6) is 5.75 Å². The van der Waals surface area contributed by atoms with Crippen LogP contribution in [0.3, 0.4) is 0 Å². The topological polar surface area (TPSA) is 46.2 Å². The van der Waals surface area contributed by atoms with Gasteiger partial charge in [0.15, 0.2) is 0 Å². The number of phenolic OH excluding ortho intramolecular Hbond substituents is 1. The van der Waals surface area contributed by atoms with Gasteiger partial charge in [-0.2, -0.15) is 0 Å². The third-order valence-corrected chi connectivity index (χ3v) is 2.11. The maximum absolute atomic E-state index is 9.06. The van der Waals surface area contributed by atoms with Crippen molar-refractivity contribution in [1.82, 2.24) is 0 Å². The number of benzene rings is 1. The van der Waals surface area contributed by atoms with Crippen LogP contribution in [0, 0.1) is 5.92 Å². The Balaban J connectivity index is 0.000000921. The lowest BCUT2D eigenvalue weighted by molar-refractivity contribution is 0.475. The fourth-order valence-electron chi connectivity index (χ4n) is 1.12. The summed E-state index contributed by atoms with van der Waals surface area (Å²) in [6.07, 6.45) is 0.871. The van der Waals surface area contributed by atoms with Crippen molar-refractivity contribution in [3.63, 3.8) is 0 Å². The summed E-state index contributed by atoms with van der Waals surface area (Å²) in [6, 6.07) is 7.16. The molecule has 1 rings (SSSR count). The van der Waals surface area contributed by atoms with Gasteiger partial charge in [0.05, 0.1) is 0 Å². The SMILES string of the molecule is C=C(N)[C@@H](C)Cc1ccc(O)cc1.CC. The monoisotopic (exact) mass is 207 g/mol. The normalized spacial score (nSPS) is 11.1. The van der Waals surface area contributed by atoms with Crippen LogP contribution >= 0.6 is 0 Å². The fourth-order valence-corrected chi connectivity index (χ4v) is 1.12. The zero-order chi connectivity index (χ0) is 11.8.